The van der Waals surface area contributed by atoms with E-state index >= 15 is 0 Å². The molecule has 0 radical (unpaired) electrons. The predicted octanol–water partition coefficient (Wildman–Crippen LogP) is 3.31. The normalized spacial score (nSPS) is 10.7. The van der Waals surface area contributed by atoms with Crippen LogP contribution in [0.15, 0.2) is 23.2 Å². The van der Waals surface area contributed by atoms with Crippen molar-refractivity contribution in [1.82, 2.24) is 9.78 Å². The average Bonchev–Trinajstić information content (AvgIpc) is 2.79. The summed E-state index contributed by atoms with van der Waals surface area (Å²) in [6, 6.07) is 5.49. The standard InChI is InChI=1S/C14H16ClN3O2S/c1-4-20-14(19)11-12(16)18(17-13(11)21-3)9-6-5-8(2)10(15)7-9/h5-7H,4,16H2,1-3H3. The molecule has 112 valence electrons. The lowest BCUT2D eigenvalue weighted by atomic mass is 10.2. The lowest BCUT2D eigenvalue weighted by Crippen LogP contribution is -2.09. The van der Waals surface area contributed by atoms with Crippen LogP contribution >= 0.6 is 23.4 Å². The summed E-state index contributed by atoms with van der Waals surface area (Å²) in [6.45, 7) is 3.95. The van der Waals surface area contributed by atoms with Gasteiger partial charge in [0.05, 0.1) is 12.3 Å². The molecule has 0 spiro atoms. The van der Waals surface area contributed by atoms with Gasteiger partial charge in [-0.15, -0.1) is 11.8 Å². The second kappa shape index (κ2) is 6.41. The lowest BCUT2D eigenvalue weighted by molar-refractivity contribution is 0.0523. The Morgan fingerprint density at radius 1 is 1.52 bits per heavy atom. The van der Waals surface area contributed by atoms with E-state index in [-0.39, 0.29) is 12.4 Å². The SMILES string of the molecule is CCOC(=O)c1c(SC)nn(-c2ccc(C)c(Cl)c2)c1N. The van der Waals surface area contributed by atoms with Crippen LogP contribution < -0.4 is 5.73 Å². The van der Waals surface area contributed by atoms with Crippen molar-refractivity contribution in [1.29, 1.82) is 0 Å². The van der Waals surface area contributed by atoms with Crippen LogP contribution in [0, 0.1) is 6.92 Å². The summed E-state index contributed by atoms with van der Waals surface area (Å²) in [5.74, 6) is -0.221. The third kappa shape index (κ3) is 3.01. The van der Waals surface area contributed by atoms with Gasteiger partial charge in [-0.2, -0.15) is 5.10 Å². The Kier molecular flexibility index (Phi) is 4.80. The molecule has 2 N–H and O–H groups in total. The molecule has 2 rings (SSSR count). The van der Waals surface area contributed by atoms with Gasteiger partial charge in [0.25, 0.3) is 0 Å². The molecular formula is C14H16ClN3O2S. The summed E-state index contributed by atoms with van der Waals surface area (Å²) >= 11 is 7.47. The lowest BCUT2D eigenvalue weighted by Gasteiger charge is -2.06. The molecule has 0 unspecified atom stereocenters. The number of nitrogen functional groups attached to an aromatic ring is 1. The Morgan fingerprint density at radius 2 is 2.24 bits per heavy atom. The molecule has 0 amide bonds. The fraction of sp³-hybridized carbons (Fsp3) is 0.286. The van der Waals surface area contributed by atoms with Crippen molar-refractivity contribution in [3.05, 3.63) is 34.3 Å². The molecule has 0 aliphatic carbocycles. The van der Waals surface area contributed by atoms with Crippen LogP contribution in [0.5, 0.6) is 0 Å². The number of aryl methyl sites for hydroxylation is 1. The number of anilines is 1. The van der Waals surface area contributed by atoms with E-state index in [1.165, 1.54) is 16.4 Å². The topological polar surface area (TPSA) is 70.1 Å². The maximum absolute atomic E-state index is 12.0. The highest BCUT2D eigenvalue weighted by molar-refractivity contribution is 7.98. The number of hydrogen-bond donors (Lipinski definition) is 1. The van der Waals surface area contributed by atoms with Crippen molar-refractivity contribution >= 4 is 35.1 Å². The number of carbonyl (C=O) groups excluding carboxylic acids is 1. The first-order chi connectivity index (χ1) is 9.99. The van der Waals surface area contributed by atoms with Crippen LogP contribution in [0.4, 0.5) is 5.82 Å². The number of hydrogen-bond acceptors (Lipinski definition) is 5. The van der Waals surface area contributed by atoms with E-state index < -0.39 is 5.97 Å². The van der Waals surface area contributed by atoms with Crippen LogP contribution in [0.1, 0.15) is 22.8 Å². The van der Waals surface area contributed by atoms with Gasteiger partial charge in [0, 0.05) is 5.02 Å². The third-order valence-corrected chi connectivity index (χ3v) is 4.04. The second-order valence-electron chi connectivity index (χ2n) is 4.34. The van der Waals surface area contributed by atoms with Crippen molar-refractivity contribution in [2.45, 2.75) is 18.9 Å². The zero-order valence-corrected chi connectivity index (χ0v) is 13.6. The van der Waals surface area contributed by atoms with Crippen LogP contribution in [-0.2, 0) is 4.74 Å². The number of benzene rings is 1. The monoisotopic (exact) mass is 325 g/mol. The van der Waals surface area contributed by atoms with E-state index in [1.54, 1.807) is 13.0 Å². The summed E-state index contributed by atoms with van der Waals surface area (Å²) < 4.78 is 6.54. The third-order valence-electron chi connectivity index (χ3n) is 2.96. The summed E-state index contributed by atoms with van der Waals surface area (Å²) in [4.78, 5) is 12.0. The first-order valence-corrected chi connectivity index (χ1v) is 7.96. The van der Waals surface area contributed by atoms with E-state index in [0.717, 1.165) is 5.56 Å². The Bertz CT molecular complexity index is 685. The minimum absolute atomic E-state index is 0.248. The van der Waals surface area contributed by atoms with Crippen LogP contribution in [0.2, 0.25) is 5.02 Å². The van der Waals surface area contributed by atoms with Gasteiger partial charge < -0.3 is 10.5 Å². The largest absolute Gasteiger partial charge is 0.462 e. The molecule has 0 aliphatic rings. The number of nitrogens with two attached hydrogens (primary N) is 1. The minimum atomic E-state index is -0.469. The first-order valence-electron chi connectivity index (χ1n) is 6.35. The van der Waals surface area contributed by atoms with Crippen molar-refractivity contribution in [3.8, 4) is 5.69 Å². The molecule has 7 heteroatoms. The molecule has 0 aliphatic heterocycles. The summed E-state index contributed by atoms with van der Waals surface area (Å²) in [7, 11) is 0. The van der Waals surface area contributed by atoms with Crippen molar-refractivity contribution < 1.29 is 9.53 Å². The van der Waals surface area contributed by atoms with E-state index in [1.807, 2.05) is 25.3 Å². The van der Waals surface area contributed by atoms with Crippen LogP contribution in [0.3, 0.4) is 0 Å². The van der Waals surface area contributed by atoms with E-state index in [2.05, 4.69) is 5.10 Å². The second-order valence-corrected chi connectivity index (χ2v) is 5.54. The molecule has 0 saturated heterocycles. The molecular weight excluding hydrogens is 310 g/mol. The molecule has 0 bridgehead atoms. The Hall–Kier alpha value is -1.66. The first kappa shape index (κ1) is 15.7. The van der Waals surface area contributed by atoms with Gasteiger partial charge in [0.1, 0.15) is 16.4 Å². The number of carbonyl (C=O) groups is 1. The van der Waals surface area contributed by atoms with Gasteiger partial charge in [0.2, 0.25) is 0 Å². The van der Waals surface area contributed by atoms with E-state index in [9.17, 15) is 4.79 Å². The number of halogens is 1. The fourth-order valence-electron chi connectivity index (χ4n) is 1.86. The molecule has 1 heterocycles. The number of ether oxygens (including phenoxy) is 1. The number of aromatic nitrogens is 2. The molecule has 1 aromatic heterocycles. The number of thioether (sulfide) groups is 1. The van der Waals surface area contributed by atoms with Crippen LogP contribution in [0.25, 0.3) is 5.69 Å². The van der Waals surface area contributed by atoms with Crippen LogP contribution in [-0.4, -0.2) is 28.6 Å². The number of nitrogens with zero attached hydrogens (tertiary/aromatic N) is 2. The Balaban J connectivity index is 2.55. The average molecular weight is 326 g/mol. The molecule has 21 heavy (non-hydrogen) atoms. The molecule has 0 saturated carbocycles. The van der Waals surface area contributed by atoms with Gasteiger partial charge in [-0.05, 0) is 37.8 Å². The summed E-state index contributed by atoms with van der Waals surface area (Å²) in [6.07, 6.45) is 1.83. The quantitative estimate of drug-likeness (QED) is 0.689. The van der Waals surface area contributed by atoms with Crippen molar-refractivity contribution in [3.63, 3.8) is 0 Å². The maximum Gasteiger partial charge on any atom is 0.344 e. The molecule has 5 nitrogen and oxygen atoms in total. The highest BCUT2D eigenvalue weighted by Gasteiger charge is 2.23. The van der Waals surface area contributed by atoms with Gasteiger partial charge in [-0.1, -0.05) is 17.7 Å². The maximum atomic E-state index is 12.0. The smallest absolute Gasteiger partial charge is 0.344 e. The molecule has 2 aromatic rings. The predicted molar refractivity (Wildman–Crippen MR) is 85.5 cm³/mol. The summed E-state index contributed by atoms with van der Waals surface area (Å²) in [5, 5.41) is 5.51. The van der Waals surface area contributed by atoms with E-state index in [0.29, 0.717) is 21.3 Å². The highest BCUT2D eigenvalue weighted by Crippen LogP contribution is 2.29. The van der Waals surface area contributed by atoms with Gasteiger partial charge in [0.15, 0.2) is 0 Å². The Morgan fingerprint density at radius 3 is 2.81 bits per heavy atom. The zero-order valence-electron chi connectivity index (χ0n) is 12.0. The zero-order chi connectivity index (χ0) is 15.6. The highest BCUT2D eigenvalue weighted by atomic mass is 35.5. The molecule has 0 atom stereocenters. The van der Waals surface area contributed by atoms with Gasteiger partial charge in [-0.25, -0.2) is 9.48 Å². The van der Waals surface area contributed by atoms with Gasteiger partial charge in [-0.3, -0.25) is 0 Å². The fourth-order valence-corrected chi connectivity index (χ4v) is 2.59. The van der Waals surface area contributed by atoms with Crippen molar-refractivity contribution in [2.75, 3.05) is 18.6 Å². The Labute approximate surface area is 132 Å². The van der Waals surface area contributed by atoms with Gasteiger partial charge >= 0.3 is 5.97 Å². The number of esters is 1. The molecule has 1 aromatic carbocycles. The van der Waals surface area contributed by atoms with Crippen molar-refractivity contribution in [2.24, 2.45) is 0 Å². The van der Waals surface area contributed by atoms with E-state index in [4.69, 9.17) is 22.1 Å². The number of rotatable bonds is 4. The minimum Gasteiger partial charge on any atom is -0.462 e. The molecule has 0 fully saturated rings. The summed E-state index contributed by atoms with van der Waals surface area (Å²) in [5.41, 5.74) is 8.03.